The number of carbonyl (C=O) groups excluding carboxylic acids is 2. The zero-order valence-corrected chi connectivity index (χ0v) is 19.2. The fraction of sp³-hybridized carbons (Fsp3) is 0.250. The van der Waals surface area contributed by atoms with Gasteiger partial charge in [-0.1, -0.05) is 42.5 Å². The highest BCUT2D eigenvalue weighted by Crippen LogP contribution is 2.28. The first-order valence-corrected chi connectivity index (χ1v) is 11.3. The lowest BCUT2D eigenvalue weighted by Crippen LogP contribution is -2.45. The second-order valence-electron chi connectivity index (χ2n) is 8.30. The Morgan fingerprint density at radius 3 is 2.76 bits per heavy atom. The molecule has 1 aromatic heterocycles. The van der Waals surface area contributed by atoms with E-state index in [4.69, 9.17) is 9.47 Å². The quantitative estimate of drug-likeness (QED) is 0.357. The lowest BCUT2D eigenvalue weighted by atomic mass is 9.82. The maximum absolute atomic E-state index is 13.1. The molecular formula is C28H28N2O4. The molecule has 3 aromatic rings. The molecule has 0 saturated carbocycles. The number of piperidine rings is 1. The third-order valence-electron chi connectivity index (χ3n) is 6.20. The molecule has 0 bridgehead atoms. The number of carbonyl (C=O) groups is 2. The van der Waals surface area contributed by atoms with Crippen molar-refractivity contribution in [3.63, 3.8) is 0 Å². The Morgan fingerprint density at radius 1 is 1.18 bits per heavy atom. The Bertz CT molecular complexity index is 1210. The number of amides is 1. The van der Waals surface area contributed by atoms with Crippen LogP contribution in [0.5, 0.6) is 5.75 Å². The monoisotopic (exact) mass is 456 g/mol. The van der Waals surface area contributed by atoms with Crippen molar-refractivity contribution in [2.45, 2.75) is 13.0 Å². The molecule has 6 nitrogen and oxygen atoms in total. The van der Waals surface area contributed by atoms with Crippen molar-refractivity contribution >= 4 is 28.9 Å². The molecule has 6 heteroatoms. The summed E-state index contributed by atoms with van der Waals surface area (Å²) in [6, 6.07) is 17.1. The zero-order valence-electron chi connectivity index (χ0n) is 19.2. The van der Waals surface area contributed by atoms with Crippen LogP contribution in [0, 0.1) is 11.8 Å². The molecule has 2 atom stereocenters. The number of ketones is 1. The number of benzene rings is 2. The molecule has 2 aromatic carbocycles. The Kier molecular flexibility index (Phi) is 7.38. The van der Waals surface area contributed by atoms with Crippen LogP contribution in [0.3, 0.4) is 0 Å². The summed E-state index contributed by atoms with van der Waals surface area (Å²) in [4.78, 5) is 31.7. The number of aromatic nitrogens is 1. The van der Waals surface area contributed by atoms with E-state index >= 15 is 0 Å². The van der Waals surface area contributed by atoms with Gasteiger partial charge in [0.25, 0.3) is 0 Å². The van der Waals surface area contributed by atoms with Crippen molar-refractivity contribution in [1.29, 1.82) is 0 Å². The smallest absolute Gasteiger partial charge is 0.410 e. The number of fused-ring (bicyclic) bond motifs is 1. The predicted octanol–water partition coefficient (Wildman–Crippen LogP) is 5.29. The molecule has 1 aliphatic heterocycles. The van der Waals surface area contributed by atoms with Gasteiger partial charge in [0, 0.05) is 36.5 Å². The summed E-state index contributed by atoms with van der Waals surface area (Å²) in [5, 5.41) is 0.919. The summed E-state index contributed by atoms with van der Waals surface area (Å²) in [6.07, 6.45) is 7.13. The maximum atomic E-state index is 13.1. The average molecular weight is 457 g/mol. The van der Waals surface area contributed by atoms with Crippen LogP contribution in [0.1, 0.15) is 17.5 Å². The van der Waals surface area contributed by atoms with Gasteiger partial charge in [-0.25, -0.2) is 4.79 Å². The van der Waals surface area contributed by atoms with E-state index < -0.39 is 0 Å². The molecule has 1 aliphatic rings. The molecule has 0 radical (unpaired) electrons. The minimum absolute atomic E-state index is 0.0232. The van der Waals surface area contributed by atoms with Gasteiger partial charge in [0.15, 0.2) is 5.78 Å². The van der Waals surface area contributed by atoms with Gasteiger partial charge in [0.1, 0.15) is 12.4 Å². The highest BCUT2D eigenvalue weighted by atomic mass is 16.6. The largest absolute Gasteiger partial charge is 0.497 e. The van der Waals surface area contributed by atoms with E-state index in [-0.39, 0.29) is 30.3 Å². The van der Waals surface area contributed by atoms with E-state index in [1.54, 1.807) is 30.4 Å². The van der Waals surface area contributed by atoms with Crippen LogP contribution in [0.4, 0.5) is 4.79 Å². The second kappa shape index (κ2) is 10.8. The highest BCUT2D eigenvalue weighted by molar-refractivity contribution is 5.98. The summed E-state index contributed by atoms with van der Waals surface area (Å²) in [5.74, 6) is 0.397. The van der Waals surface area contributed by atoms with Crippen molar-refractivity contribution in [2.75, 3.05) is 20.2 Å². The van der Waals surface area contributed by atoms with Crippen molar-refractivity contribution in [3.05, 3.63) is 90.7 Å². The molecule has 4 rings (SSSR count). The first-order valence-electron chi connectivity index (χ1n) is 11.3. The summed E-state index contributed by atoms with van der Waals surface area (Å²) >= 11 is 0. The van der Waals surface area contributed by atoms with Crippen LogP contribution >= 0.6 is 0 Å². The minimum Gasteiger partial charge on any atom is -0.497 e. The Labute approximate surface area is 199 Å². The van der Waals surface area contributed by atoms with Crippen molar-refractivity contribution in [2.24, 2.45) is 11.8 Å². The van der Waals surface area contributed by atoms with E-state index in [9.17, 15) is 9.59 Å². The molecule has 0 unspecified atom stereocenters. The molecule has 1 fully saturated rings. The first-order chi connectivity index (χ1) is 16.6. The van der Waals surface area contributed by atoms with E-state index in [0.717, 1.165) is 27.8 Å². The molecule has 0 aliphatic carbocycles. The fourth-order valence-corrected chi connectivity index (χ4v) is 4.26. The number of nitrogens with zero attached hydrogens (tertiary/aromatic N) is 2. The first kappa shape index (κ1) is 23.2. The number of rotatable bonds is 7. The normalized spacial score (nSPS) is 18.1. The molecule has 1 amide bonds. The summed E-state index contributed by atoms with van der Waals surface area (Å²) in [6.45, 7) is 5.02. The van der Waals surface area contributed by atoms with Crippen molar-refractivity contribution < 1.29 is 19.1 Å². The highest BCUT2D eigenvalue weighted by Gasteiger charge is 2.33. The number of allylic oxidation sites excluding steroid dienone is 1. The Morgan fingerprint density at radius 2 is 2.00 bits per heavy atom. The van der Waals surface area contributed by atoms with Gasteiger partial charge >= 0.3 is 6.09 Å². The summed E-state index contributed by atoms with van der Waals surface area (Å²) < 4.78 is 10.8. The van der Waals surface area contributed by atoms with Crippen LogP contribution in [0.15, 0.2) is 79.5 Å². The zero-order chi connectivity index (χ0) is 23.9. The number of methoxy groups -OCH3 is 1. The van der Waals surface area contributed by atoms with E-state index in [2.05, 4.69) is 11.6 Å². The number of pyridine rings is 1. The third kappa shape index (κ3) is 5.34. The van der Waals surface area contributed by atoms with E-state index in [1.807, 2.05) is 60.7 Å². The summed E-state index contributed by atoms with van der Waals surface area (Å²) in [7, 11) is 1.62. The lowest BCUT2D eigenvalue weighted by molar-refractivity contribution is -0.120. The van der Waals surface area contributed by atoms with Gasteiger partial charge in [-0.05, 0) is 47.9 Å². The number of likely N-dealkylation sites (tertiary alicyclic amines) is 1. The Balaban J connectivity index is 1.40. The molecule has 174 valence electrons. The van der Waals surface area contributed by atoms with Gasteiger partial charge < -0.3 is 14.4 Å². The SMILES string of the molecule is C=C[C@H]1CN(C(=O)OCc2ccccc2)CC[C@H]1C(=O)/C=C/c1ccnc2ccc(OC)cc12. The van der Waals surface area contributed by atoms with Gasteiger partial charge in [-0.2, -0.15) is 0 Å². The fourth-order valence-electron chi connectivity index (χ4n) is 4.26. The molecule has 0 spiro atoms. The van der Waals surface area contributed by atoms with Crippen LogP contribution in [-0.4, -0.2) is 42.0 Å². The number of hydrogen-bond donors (Lipinski definition) is 0. The van der Waals surface area contributed by atoms with Crippen molar-refractivity contribution in [1.82, 2.24) is 9.88 Å². The van der Waals surface area contributed by atoms with Crippen LogP contribution in [0.2, 0.25) is 0 Å². The minimum atomic E-state index is -0.366. The van der Waals surface area contributed by atoms with E-state index in [0.29, 0.717) is 19.5 Å². The lowest BCUT2D eigenvalue weighted by Gasteiger charge is -2.35. The van der Waals surface area contributed by atoms with Gasteiger partial charge in [-0.3, -0.25) is 9.78 Å². The standard InChI is InChI=1S/C28H28N2O4/c1-3-21-18-30(28(32)34-19-20-7-5-4-6-8-20)16-14-24(21)27(31)12-9-22-13-15-29-26-11-10-23(33-2)17-25(22)26/h3-13,15,17,21,24H,1,14,16,18-19H2,2H3/b12-9+/t21-,24+/m0/s1. The summed E-state index contributed by atoms with van der Waals surface area (Å²) in [5.41, 5.74) is 2.67. The average Bonchev–Trinajstić information content (AvgIpc) is 2.90. The third-order valence-corrected chi connectivity index (χ3v) is 6.20. The van der Waals surface area contributed by atoms with Crippen LogP contribution in [0.25, 0.3) is 17.0 Å². The molecule has 1 saturated heterocycles. The van der Waals surface area contributed by atoms with Gasteiger partial charge in [0.2, 0.25) is 0 Å². The van der Waals surface area contributed by atoms with E-state index in [1.165, 1.54) is 0 Å². The topological polar surface area (TPSA) is 68.7 Å². The van der Waals surface area contributed by atoms with Crippen molar-refractivity contribution in [3.8, 4) is 5.75 Å². The number of hydrogen-bond acceptors (Lipinski definition) is 5. The van der Waals surface area contributed by atoms with Gasteiger partial charge in [0.05, 0.1) is 12.6 Å². The predicted molar refractivity (Wildman–Crippen MR) is 132 cm³/mol. The second-order valence-corrected chi connectivity index (χ2v) is 8.30. The maximum Gasteiger partial charge on any atom is 0.410 e. The molecule has 2 heterocycles. The van der Waals surface area contributed by atoms with Crippen LogP contribution in [-0.2, 0) is 16.1 Å². The Hall–Kier alpha value is -3.93. The molecular weight excluding hydrogens is 428 g/mol. The molecule has 34 heavy (non-hydrogen) atoms. The van der Waals surface area contributed by atoms with Gasteiger partial charge in [-0.15, -0.1) is 6.58 Å². The molecule has 0 N–H and O–H groups in total. The van der Waals surface area contributed by atoms with Crippen LogP contribution < -0.4 is 4.74 Å². The number of ether oxygens (including phenoxy) is 2.